The Balaban J connectivity index is 0.00000161. The highest BCUT2D eigenvalue weighted by Crippen LogP contribution is 2.38. The Hall–Kier alpha value is -1.17. The fourth-order valence-electron chi connectivity index (χ4n) is 2.79. The van der Waals surface area contributed by atoms with Crippen LogP contribution in [-0.4, -0.2) is 41.8 Å². The first-order valence-electron chi connectivity index (χ1n) is 6.70. The summed E-state index contributed by atoms with van der Waals surface area (Å²) in [6, 6.07) is 3.31. The number of benzene rings is 1. The minimum absolute atomic E-state index is 0. The number of carbonyl (C=O) groups is 1. The van der Waals surface area contributed by atoms with Crippen molar-refractivity contribution in [2.24, 2.45) is 0 Å². The summed E-state index contributed by atoms with van der Waals surface area (Å²) < 4.78 is 11.0. The van der Waals surface area contributed by atoms with Gasteiger partial charge in [-0.05, 0) is 37.1 Å². The zero-order valence-electron chi connectivity index (χ0n) is 11.4. The van der Waals surface area contributed by atoms with E-state index in [1.54, 1.807) is 0 Å². The summed E-state index contributed by atoms with van der Waals surface area (Å²) in [7, 11) is 0. The summed E-state index contributed by atoms with van der Waals surface area (Å²) in [5.41, 5.74) is 0.951. The summed E-state index contributed by atoms with van der Waals surface area (Å²) in [5, 5.41) is 9.71. The van der Waals surface area contributed by atoms with Crippen LogP contribution in [-0.2, 0) is 11.3 Å². The van der Waals surface area contributed by atoms with Crippen LogP contribution in [0.1, 0.15) is 18.4 Å². The number of nitrogens with zero attached hydrogens (tertiary/aromatic N) is 1. The average Bonchev–Trinajstić information content (AvgIpc) is 2.87. The molecule has 1 aromatic carbocycles. The van der Waals surface area contributed by atoms with E-state index in [1.165, 1.54) is 0 Å². The summed E-state index contributed by atoms with van der Waals surface area (Å²) in [6.07, 6.45) is 1.61. The van der Waals surface area contributed by atoms with E-state index in [-0.39, 0.29) is 12.4 Å². The van der Waals surface area contributed by atoms with Gasteiger partial charge in [0.25, 0.3) is 0 Å². The SMILES string of the molecule is Cl.O=C(O)C1CCCN1Cc1cc(Cl)c2c(c1)OCCO2. The molecule has 0 radical (unpaired) electrons. The van der Waals surface area contributed by atoms with Gasteiger partial charge >= 0.3 is 5.97 Å². The number of carboxylic acid groups (broad SMARTS) is 1. The van der Waals surface area contributed by atoms with Gasteiger partial charge in [0.2, 0.25) is 0 Å². The molecule has 2 aliphatic rings. The summed E-state index contributed by atoms with van der Waals surface area (Å²) in [6.45, 7) is 2.36. The highest BCUT2D eigenvalue weighted by molar-refractivity contribution is 6.32. The number of carboxylic acids is 1. The number of aliphatic carboxylic acids is 1. The lowest BCUT2D eigenvalue weighted by molar-refractivity contribution is -0.142. The monoisotopic (exact) mass is 333 g/mol. The number of rotatable bonds is 3. The fourth-order valence-corrected chi connectivity index (χ4v) is 3.07. The van der Waals surface area contributed by atoms with E-state index < -0.39 is 12.0 Å². The Labute approximate surface area is 134 Å². The van der Waals surface area contributed by atoms with Gasteiger partial charge in [0.15, 0.2) is 11.5 Å². The van der Waals surface area contributed by atoms with Crippen molar-refractivity contribution >= 4 is 30.0 Å². The van der Waals surface area contributed by atoms with Gasteiger partial charge < -0.3 is 14.6 Å². The van der Waals surface area contributed by atoms with E-state index in [1.807, 2.05) is 17.0 Å². The molecule has 0 bridgehead atoms. The van der Waals surface area contributed by atoms with Gasteiger partial charge in [-0.1, -0.05) is 11.6 Å². The number of fused-ring (bicyclic) bond motifs is 1. The molecule has 0 amide bonds. The van der Waals surface area contributed by atoms with Gasteiger partial charge in [-0.2, -0.15) is 0 Å². The van der Waals surface area contributed by atoms with Gasteiger partial charge in [0.05, 0.1) is 5.02 Å². The topological polar surface area (TPSA) is 59.0 Å². The Morgan fingerprint density at radius 1 is 1.38 bits per heavy atom. The van der Waals surface area contributed by atoms with Crippen molar-refractivity contribution < 1.29 is 19.4 Å². The van der Waals surface area contributed by atoms with Gasteiger partial charge in [-0.25, -0.2) is 0 Å². The highest BCUT2D eigenvalue weighted by Gasteiger charge is 2.30. The van der Waals surface area contributed by atoms with Crippen LogP contribution >= 0.6 is 24.0 Å². The second kappa shape index (κ2) is 6.73. The van der Waals surface area contributed by atoms with E-state index in [0.717, 1.165) is 18.5 Å². The van der Waals surface area contributed by atoms with Gasteiger partial charge in [0.1, 0.15) is 19.3 Å². The number of ether oxygens (including phenoxy) is 2. The molecule has 116 valence electrons. The summed E-state index contributed by atoms with van der Waals surface area (Å²) in [4.78, 5) is 13.2. The van der Waals surface area contributed by atoms with Crippen molar-refractivity contribution in [2.45, 2.75) is 25.4 Å². The third-order valence-corrected chi connectivity index (χ3v) is 3.97. The van der Waals surface area contributed by atoms with Crippen molar-refractivity contribution in [2.75, 3.05) is 19.8 Å². The lowest BCUT2D eigenvalue weighted by Gasteiger charge is -2.24. The van der Waals surface area contributed by atoms with Crippen LogP contribution in [0.2, 0.25) is 5.02 Å². The molecule has 1 aromatic rings. The molecular weight excluding hydrogens is 317 g/mol. The molecule has 2 aliphatic heterocycles. The van der Waals surface area contributed by atoms with Crippen LogP contribution in [0.4, 0.5) is 0 Å². The van der Waals surface area contributed by atoms with E-state index >= 15 is 0 Å². The number of halogens is 2. The fraction of sp³-hybridized carbons (Fsp3) is 0.500. The molecule has 0 aromatic heterocycles. The van der Waals surface area contributed by atoms with Crippen LogP contribution in [0.25, 0.3) is 0 Å². The first-order valence-corrected chi connectivity index (χ1v) is 7.08. The van der Waals surface area contributed by atoms with Gasteiger partial charge in [-0.3, -0.25) is 9.69 Å². The zero-order chi connectivity index (χ0) is 14.1. The second-order valence-corrected chi connectivity index (χ2v) is 5.48. The Kier molecular flexibility index (Phi) is 5.19. The van der Waals surface area contributed by atoms with Crippen molar-refractivity contribution in [3.63, 3.8) is 0 Å². The Morgan fingerprint density at radius 2 is 2.14 bits per heavy atom. The van der Waals surface area contributed by atoms with Crippen molar-refractivity contribution in [1.29, 1.82) is 0 Å². The minimum atomic E-state index is -0.758. The molecule has 1 saturated heterocycles. The van der Waals surface area contributed by atoms with Crippen LogP contribution < -0.4 is 9.47 Å². The average molecular weight is 334 g/mol. The smallest absolute Gasteiger partial charge is 0.320 e. The number of hydrogen-bond acceptors (Lipinski definition) is 4. The van der Waals surface area contributed by atoms with E-state index in [0.29, 0.717) is 42.7 Å². The molecule has 5 nitrogen and oxygen atoms in total. The molecule has 0 saturated carbocycles. The first kappa shape index (κ1) is 16.2. The van der Waals surface area contributed by atoms with E-state index in [4.69, 9.17) is 21.1 Å². The van der Waals surface area contributed by atoms with Crippen LogP contribution in [0.3, 0.4) is 0 Å². The maximum atomic E-state index is 11.2. The minimum Gasteiger partial charge on any atom is -0.486 e. The lowest BCUT2D eigenvalue weighted by Crippen LogP contribution is -2.35. The molecule has 21 heavy (non-hydrogen) atoms. The normalized spacial score (nSPS) is 20.9. The molecule has 1 N–H and O–H groups in total. The lowest BCUT2D eigenvalue weighted by atomic mass is 10.1. The third-order valence-electron chi connectivity index (χ3n) is 3.69. The molecule has 1 atom stereocenters. The third kappa shape index (κ3) is 3.36. The van der Waals surface area contributed by atoms with Gasteiger partial charge in [-0.15, -0.1) is 12.4 Å². The number of hydrogen-bond donors (Lipinski definition) is 1. The first-order chi connectivity index (χ1) is 9.65. The predicted octanol–water partition coefficient (Wildman–Crippen LogP) is 2.58. The van der Waals surface area contributed by atoms with E-state index in [2.05, 4.69) is 0 Å². The number of likely N-dealkylation sites (tertiary alicyclic amines) is 1. The van der Waals surface area contributed by atoms with E-state index in [9.17, 15) is 9.90 Å². The summed E-state index contributed by atoms with van der Waals surface area (Å²) >= 11 is 6.19. The molecule has 0 spiro atoms. The molecule has 1 unspecified atom stereocenters. The molecule has 7 heteroatoms. The molecular formula is C14H17Cl2NO4. The van der Waals surface area contributed by atoms with Crippen LogP contribution in [0.5, 0.6) is 11.5 Å². The zero-order valence-corrected chi connectivity index (χ0v) is 13.0. The second-order valence-electron chi connectivity index (χ2n) is 5.07. The van der Waals surface area contributed by atoms with Gasteiger partial charge in [0, 0.05) is 6.54 Å². The van der Waals surface area contributed by atoms with Crippen LogP contribution in [0.15, 0.2) is 12.1 Å². The maximum Gasteiger partial charge on any atom is 0.320 e. The molecule has 3 rings (SSSR count). The maximum absolute atomic E-state index is 11.2. The van der Waals surface area contributed by atoms with Crippen LogP contribution in [0, 0.1) is 0 Å². The highest BCUT2D eigenvalue weighted by atomic mass is 35.5. The van der Waals surface area contributed by atoms with Crippen molar-refractivity contribution in [3.05, 3.63) is 22.7 Å². The predicted molar refractivity (Wildman–Crippen MR) is 80.8 cm³/mol. The Bertz CT molecular complexity index is 538. The summed E-state index contributed by atoms with van der Waals surface area (Å²) in [5.74, 6) is 0.467. The molecule has 1 fully saturated rings. The molecule has 0 aliphatic carbocycles. The largest absolute Gasteiger partial charge is 0.486 e. The quantitative estimate of drug-likeness (QED) is 0.921. The Morgan fingerprint density at radius 3 is 2.90 bits per heavy atom. The molecule has 2 heterocycles. The standard InChI is InChI=1S/C14H16ClNO4.ClH/c15-10-6-9(7-12-13(10)20-5-4-19-12)8-16-3-1-2-11(16)14(17)18;/h6-7,11H,1-5,8H2,(H,17,18);1H. The van der Waals surface area contributed by atoms with Crippen molar-refractivity contribution in [1.82, 2.24) is 4.90 Å². The van der Waals surface area contributed by atoms with Crippen molar-refractivity contribution in [3.8, 4) is 11.5 Å².